The van der Waals surface area contributed by atoms with Gasteiger partial charge in [0.05, 0.1) is 10.7 Å². The van der Waals surface area contributed by atoms with Gasteiger partial charge in [0.25, 0.3) is 0 Å². The van der Waals surface area contributed by atoms with Crippen molar-refractivity contribution in [3.8, 4) is 0 Å². The number of halogens is 1. The predicted octanol–water partition coefficient (Wildman–Crippen LogP) is 2.78. The number of para-hydroxylation sites is 1. The average molecular weight is 309 g/mol. The summed E-state index contributed by atoms with van der Waals surface area (Å²) in [6.07, 6.45) is 1.48. The molecular weight excluding hydrogens is 296 g/mol. The molecule has 0 radical (unpaired) electrons. The predicted molar refractivity (Wildman–Crippen MR) is 78.3 cm³/mol. The summed E-state index contributed by atoms with van der Waals surface area (Å²) < 4.78 is 1.57. The Hall–Kier alpha value is -2.41. The molecule has 0 fully saturated rings. The van der Waals surface area contributed by atoms with Crippen LogP contribution in [0.3, 0.4) is 0 Å². The van der Waals surface area contributed by atoms with Crippen molar-refractivity contribution >= 4 is 29.0 Å². The van der Waals surface area contributed by atoms with E-state index < -0.39 is 4.92 Å². The van der Waals surface area contributed by atoms with Gasteiger partial charge >= 0.3 is 5.82 Å². The molecule has 2 rings (SSSR count). The fourth-order valence-corrected chi connectivity index (χ4v) is 1.99. The average Bonchev–Trinajstić information content (AvgIpc) is 2.81. The third-order valence-corrected chi connectivity index (χ3v) is 3.21. The van der Waals surface area contributed by atoms with E-state index in [0.717, 1.165) is 0 Å². The number of amides is 1. The summed E-state index contributed by atoms with van der Waals surface area (Å²) in [7, 11) is 0. The molecule has 1 amide bonds. The molecule has 0 spiro atoms. The SMILES string of the molecule is Cc1nc([N+](=O)[O-])cn1CCC(=O)Nc1ccccc1Cl. The van der Waals surface area contributed by atoms with E-state index in [9.17, 15) is 14.9 Å². The second kappa shape index (κ2) is 6.36. The first-order valence-electron chi connectivity index (χ1n) is 6.20. The van der Waals surface area contributed by atoms with Crippen LogP contribution in [0.5, 0.6) is 0 Å². The van der Waals surface area contributed by atoms with Gasteiger partial charge in [0.1, 0.15) is 6.20 Å². The Labute approximate surface area is 125 Å². The number of anilines is 1. The highest BCUT2D eigenvalue weighted by atomic mass is 35.5. The van der Waals surface area contributed by atoms with Crippen molar-refractivity contribution in [3.63, 3.8) is 0 Å². The first kappa shape index (κ1) is 15.0. The van der Waals surface area contributed by atoms with Gasteiger partial charge in [0.15, 0.2) is 0 Å². The van der Waals surface area contributed by atoms with Crippen molar-refractivity contribution < 1.29 is 9.72 Å². The van der Waals surface area contributed by atoms with Gasteiger partial charge in [-0.3, -0.25) is 4.79 Å². The molecule has 1 N–H and O–H groups in total. The maximum absolute atomic E-state index is 11.9. The lowest BCUT2D eigenvalue weighted by molar-refractivity contribution is -0.389. The zero-order chi connectivity index (χ0) is 15.4. The summed E-state index contributed by atoms with van der Waals surface area (Å²) in [6, 6.07) is 6.92. The van der Waals surface area contributed by atoms with Gasteiger partial charge < -0.3 is 20.0 Å². The maximum Gasteiger partial charge on any atom is 0.381 e. The van der Waals surface area contributed by atoms with Gasteiger partial charge in [-0.15, -0.1) is 0 Å². The van der Waals surface area contributed by atoms with Gasteiger partial charge in [0.2, 0.25) is 11.7 Å². The summed E-state index contributed by atoms with van der Waals surface area (Å²) in [6.45, 7) is 1.96. The third kappa shape index (κ3) is 3.79. The monoisotopic (exact) mass is 308 g/mol. The number of hydrogen-bond acceptors (Lipinski definition) is 4. The van der Waals surface area contributed by atoms with Gasteiger partial charge in [-0.2, -0.15) is 0 Å². The lowest BCUT2D eigenvalue weighted by Crippen LogP contribution is -2.15. The van der Waals surface area contributed by atoms with Crippen LogP contribution in [0.4, 0.5) is 11.5 Å². The highest BCUT2D eigenvalue weighted by Gasteiger charge is 2.15. The van der Waals surface area contributed by atoms with Gasteiger partial charge in [0, 0.05) is 19.9 Å². The third-order valence-electron chi connectivity index (χ3n) is 2.88. The molecule has 8 heteroatoms. The van der Waals surface area contributed by atoms with Crippen molar-refractivity contribution in [3.05, 3.63) is 51.4 Å². The Kier molecular flexibility index (Phi) is 4.54. The largest absolute Gasteiger partial charge is 0.381 e. The second-order valence-corrected chi connectivity index (χ2v) is 4.78. The molecule has 1 aromatic carbocycles. The Bertz CT molecular complexity index is 684. The highest BCUT2D eigenvalue weighted by molar-refractivity contribution is 6.33. The van der Waals surface area contributed by atoms with Crippen LogP contribution in [0.25, 0.3) is 0 Å². The van der Waals surface area contributed by atoms with E-state index in [4.69, 9.17) is 11.6 Å². The number of carbonyl (C=O) groups excluding carboxylic acids is 1. The molecule has 0 atom stereocenters. The Balaban J connectivity index is 1.95. The van der Waals surface area contributed by atoms with E-state index >= 15 is 0 Å². The van der Waals surface area contributed by atoms with Gasteiger partial charge in [-0.25, -0.2) is 0 Å². The highest BCUT2D eigenvalue weighted by Crippen LogP contribution is 2.20. The van der Waals surface area contributed by atoms with Crippen molar-refractivity contribution in [2.45, 2.75) is 19.9 Å². The minimum Gasteiger partial charge on any atom is -0.358 e. The Morgan fingerprint density at radius 1 is 1.48 bits per heavy atom. The zero-order valence-electron chi connectivity index (χ0n) is 11.2. The minimum atomic E-state index is -0.562. The van der Waals surface area contributed by atoms with E-state index in [0.29, 0.717) is 23.1 Å². The topological polar surface area (TPSA) is 90.1 Å². The van der Waals surface area contributed by atoms with E-state index in [1.807, 2.05) is 0 Å². The number of imidazole rings is 1. The summed E-state index contributed by atoms with van der Waals surface area (Å²) in [5.74, 6) is 0.0464. The number of aryl methyl sites for hydroxylation is 2. The first-order valence-corrected chi connectivity index (χ1v) is 6.57. The maximum atomic E-state index is 11.9. The number of nitrogens with one attached hydrogen (secondary N) is 1. The molecule has 0 unspecified atom stereocenters. The molecule has 0 aliphatic carbocycles. The second-order valence-electron chi connectivity index (χ2n) is 4.37. The first-order chi connectivity index (χ1) is 9.97. The Morgan fingerprint density at radius 3 is 2.81 bits per heavy atom. The number of carbonyl (C=O) groups is 1. The van der Waals surface area contributed by atoms with E-state index in [2.05, 4.69) is 10.3 Å². The van der Waals surface area contributed by atoms with Crippen LogP contribution in [-0.4, -0.2) is 20.4 Å². The normalized spacial score (nSPS) is 10.4. The molecule has 0 saturated heterocycles. The van der Waals surface area contributed by atoms with Crippen LogP contribution < -0.4 is 5.32 Å². The summed E-state index contributed by atoms with van der Waals surface area (Å²) in [5, 5.41) is 13.8. The molecule has 0 bridgehead atoms. The van der Waals surface area contributed by atoms with E-state index in [-0.39, 0.29) is 18.1 Å². The van der Waals surface area contributed by atoms with Crippen molar-refractivity contribution in [2.75, 3.05) is 5.32 Å². The lowest BCUT2D eigenvalue weighted by Gasteiger charge is -2.07. The van der Waals surface area contributed by atoms with Crippen LogP contribution >= 0.6 is 11.6 Å². The molecule has 2 aromatic rings. The van der Waals surface area contributed by atoms with Crippen molar-refractivity contribution in [1.29, 1.82) is 0 Å². The van der Waals surface area contributed by atoms with Crippen LogP contribution in [0.15, 0.2) is 30.5 Å². The minimum absolute atomic E-state index is 0.166. The van der Waals surface area contributed by atoms with Gasteiger partial charge in [-0.1, -0.05) is 23.7 Å². The van der Waals surface area contributed by atoms with Crippen LogP contribution in [0.1, 0.15) is 12.2 Å². The quantitative estimate of drug-likeness (QED) is 0.679. The van der Waals surface area contributed by atoms with Crippen molar-refractivity contribution in [2.24, 2.45) is 0 Å². The van der Waals surface area contributed by atoms with Crippen LogP contribution in [0.2, 0.25) is 5.02 Å². The number of hydrogen-bond donors (Lipinski definition) is 1. The number of nitrogens with zero attached hydrogens (tertiary/aromatic N) is 3. The molecule has 1 heterocycles. The molecular formula is C13H13ClN4O3. The summed E-state index contributed by atoms with van der Waals surface area (Å²) >= 11 is 5.94. The van der Waals surface area contributed by atoms with E-state index in [1.165, 1.54) is 6.20 Å². The Morgan fingerprint density at radius 2 is 2.19 bits per heavy atom. The molecule has 0 aliphatic rings. The lowest BCUT2D eigenvalue weighted by atomic mass is 10.3. The van der Waals surface area contributed by atoms with Crippen molar-refractivity contribution in [1.82, 2.24) is 9.55 Å². The molecule has 110 valence electrons. The summed E-state index contributed by atoms with van der Waals surface area (Å²) in [4.78, 5) is 25.7. The van der Waals surface area contributed by atoms with Gasteiger partial charge in [-0.05, 0) is 22.0 Å². The smallest absolute Gasteiger partial charge is 0.358 e. The fraction of sp³-hybridized carbons (Fsp3) is 0.231. The van der Waals surface area contributed by atoms with Crippen LogP contribution in [-0.2, 0) is 11.3 Å². The molecule has 0 aliphatic heterocycles. The standard InChI is InChI=1S/C13H13ClN4O3/c1-9-15-12(18(20)21)8-17(9)7-6-13(19)16-11-5-3-2-4-10(11)14/h2-5,8H,6-7H2,1H3,(H,16,19). The molecule has 1 aromatic heterocycles. The number of benzene rings is 1. The van der Waals surface area contributed by atoms with E-state index in [1.54, 1.807) is 35.8 Å². The molecule has 7 nitrogen and oxygen atoms in total. The number of aromatic nitrogens is 2. The molecule has 0 saturated carbocycles. The zero-order valence-corrected chi connectivity index (χ0v) is 12.0. The fourth-order valence-electron chi connectivity index (χ4n) is 1.80. The number of nitro groups is 1. The summed E-state index contributed by atoms with van der Waals surface area (Å²) in [5.41, 5.74) is 0.539. The molecule has 21 heavy (non-hydrogen) atoms. The van der Waals surface area contributed by atoms with Crippen LogP contribution in [0, 0.1) is 17.0 Å². The number of rotatable bonds is 5.